The van der Waals surface area contributed by atoms with Gasteiger partial charge in [-0.05, 0) is 25.7 Å². The van der Waals surface area contributed by atoms with E-state index in [1.54, 1.807) is 0 Å². The third-order valence-corrected chi connectivity index (χ3v) is 2.61. The molecule has 2 N–H and O–H groups in total. The second-order valence-corrected chi connectivity index (χ2v) is 4.52. The molecule has 0 aliphatic heterocycles. The Bertz CT molecular complexity index is 206. The molecule has 6 nitrogen and oxygen atoms in total. The van der Waals surface area contributed by atoms with E-state index >= 15 is 0 Å². The van der Waals surface area contributed by atoms with Gasteiger partial charge in [-0.25, -0.2) is 0 Å². The lowest BCUT2D eigenvalue weighted by Gasteiger charge is -2.03. The van der Waals surface area contributed by atoms with E-state index in [1.165, 1.54) is 0 Å². The Hall–Kier alpha value is -1.14. The Labute approximate surface area is 120 Å². The molecule has 0 spiro atoms. The molecular formula is C14H26O6-2. The molecular weight excluding hydrogens is 264 g/mol. The molecule has 0 rings (SSSR count). The third-order valence-electron chi connectivity index (χ3n) is 2.61. The molecule has 120 valence electrons. The maximum Gasteiger partial charge on any atom is 0.0662 e. The number of aliphatic carboxylic acids is 2. The summed E-state index contributed by atoms with van der Waals surface area (Å²) in [6, 6.07) is 0. The van der Waals surface area contributed by atoms with Gasteiger partial charge in [-0.2, -0.15) is 0 Å². The molecule has 0 aromatic heterocycles. The fraction of sp³-hybridized carbons (Fsp3) is 0.857. The number of aliphatic hydroxyl groups excluding tert-OH is 2. The van der Waals surface area contributed by atoms with Crippen LogP contribution in [0.4, 0.5) is 0 Å². The van der Waals surface area contributed by atoms with Crippen LogP contribution in [0.2, 0.25) is 0 Å². The van der Waals surface area contributed by atoms with Crippen molar-refractivity contribution in [2.75, 3.05) is 13.2 Å². The number of unbranched alkanes of at least 4 members (excludes halogenated alkanes) is 7. The summed E-state index contributed by atoms with van der Waals surface area (Å²) in [4.78, 5) is 20.2. The van der Waals surface area contributed by atoms with Crippen molar-refractivity contribution in [3.63, 3.8) is 0 Å². The van der Waals surface area contributed by atoms with Gasteiger partial charge in [0.1, 0.15) is 0 Å². The third kappa shape index (κ3) is 25.6. The lowest BCUT2D eigenvalue weighted by molar-refractivity contribution is -0.307. The van der Waals surface area contributed by atoms with Crippen molar-refractivity contribution >= 4 is 11.9 Å². The SMILES string of the molecule is O=C([O-])CCCCCCCCCCC(=O)[O-].OCCO. The van der Waals surface area contributed by atoms with E-state index in [0.717, 1.165) is 38.5 Å². The van der Waals surface area contributed by atoms with Crippen LogP contribution in [0.25, 0.3) is 0 Å². The van der Waals surface area contributed by atoms with Gasteiger partial charge in [-0.3, -0.25) is 0 Å². The molecule has 0 radical (unpaired) electrons. The van der Waals surface area contributed by atoms with Gasteiger partial charge in [-0.15, -0.1) is 0 Å². The van der Waals surface area contributed by atoms with Gasteiger partial charge >= 0.3 is 0 Å². The first-order chi connectivity index (χ1) is 9.54. The molecule has 0 aliphatic rings. The molecule has 0 aromatic rings. The summed E-state index contributed by atoms with van der Waals surface area (Å²) in [5.74, 6) is -1.94. The Kier molecular flexibility index (Phi) is 18.9. The van der Waals surface area contributed by atoms with E-state index in [-0.39, 0.29) is 26.1 Å². The molecule has 0 amide bonds. The number of hydrogen-bond donors (Lipinski definition) is 2. The van der Waals surface area contributed by atoms with Crippen LogP contribution in [0, 0.1) is 0 Å². The van der Waals surface area contributed by atoms with E-state index in [0.29, 0.717) is 12.8 Å². The largest absolute Gasteiger partial charge is 0.550 e. The molecule has 0 heterocycles. The minimum atomic E-state index is -0.970. The van der Waals surface area contributed by atoms with Crippen LogP contribution >= 0.6 is 0 Å². The zero-order valence-electron chi connectivity index (χ0n) is 12.0. The maximum atomic E-state index is 10.1. The Morgan fingerprint density at radius 1 is 0.600 bits per heavy atom. The van der Waals surface area contributed by atoms with Crippen molar-refractivity contribution in [2.24, 2.45) is 0 Å². The van der Waals surface area contributed by atoms with Crippen LogP contribution in [0.3, 0.4) is 0 Å². The fourth-order valence-corrected chi connectivity index (χ4v) is 1.60. The molecule has 0 bridgehead atoms. The van der Waals surface area contributed by atoms with Crippen molar-refractivity contribution in [1.82, 2.24) is 0 Å². The zero-order chi connectivity index (χ0) is 15.6. The van der Waals surface area contributed by atoms with Crippen LogP contribution in [-0.2, 0) is 9.59 Å². The summed E-state index contributed by atoms with van der Waals surface area (Å²) in [6.45, 7) is -0.250. The minimum Gasteiger partial charge on any atom is -0.550 e. The lowest BCUT2D eigenvalue weighted by atomic mass is 10.1. The Morgan fingerprint density at radius 2 is 0.850 bits per heavy atom. The molecule has 0 aromatic carbocycles. The van der Waals surface area contributed by atoms with Crippen molar-refractivity contribution in [2.45, 2.75) is 64.2 Å². The molecule has 0 saturated heterocycles. The average Bonchev–Trinajstić information content (AvgIpc) is 2.40. The first kappa shape index (κ1) is 21.2. The molecule has 0 fully saturated rings. The molecule has 0 aliphatic carbocycles. The van der Waals surface area contributed by atoms with Gasteiger partial charge in [0.05, 0.1) is 13.2 Å². The first-order valence-electron chi connectivity index (χ1n) is 7.16. The molecule has 20 heavy (non-hydrogen) atoms. The van der Waals surface area contributed by atoms with Gasteiger partial charge in [-0.1, -0.05) is 38.5 Å². The zero-order valence-corrected chi connectivity index (χ0v) is 12.0. The maximum absolute atomic E-state index is 10.1. The van der Waals surface area contributed by atoms with Crippen molar-refractivity contribution < 1.29 is 30.0 Å². The van der Waals surface area contributed by atoms with Crippen LogP contribution < -0.4 is 10.2 Å². The highest BCUT2D eigenvalue weighted by Gasteiger charge is 1.93. The fourth-order valence-electron chi connectivity index (χ4n) is 1.60. The molecule has 0 saturated carbocycles. The van der Waals surface area contributed by atoms with Gasteiger partial charge < -0.3 is 30.0 Å². The highest BCUT2D eigenvalue weighted by molar-refractivity contribution is 5.64. The quantitative estimate of drug-likeness (QED) is 0.461. The Morgan fingerprint density at radius 3 is 1.05 bits per heavy atom. The van der Waals surface area contributed by atoms with Crippen molar-refractivity contribution in [1.29, 1.82) is 0 Å². The molecule has 6 heteroatoms. The first-order valence-corrected chi connectivity index (χ1v) is 7.16. The highest BCUT2D eigenvalue weighted by atomic mass is 16.4. The second-order valence-electron chi connectivity index (χ2n) is 4.52. The van der Waals surface area contributed by atoms with Gasteiger partial charge in [0.25, 0.3) is 0 Å². The highest BCUT2D eigenvalue weighted by Crippen LogP contribution is 2.10. The smallest absolute Gasteiger partial charge is 0.0662 e. The van der Waals surface area contributed by atoms with Crippen LogP contribution in [0.1, 0.15) is 64.2 Å². The minimum absolute atomic E-state index is 0.125. The van der Waals surface area contributed by atoms with Gasteiger partial charge in [0, 0.05) is 11.9 Å². The van der Waals surface area contributed by atoms with Crippen LogP contribution in [0.5, 0.6) is 0 Å². The normalized spacial score (nSPS) is 9.70. The number of carboxylic acids is 2. The Balaban J connectivity index is 0. The number of carbonyl (C=O) groups is 2. The summed E-state index contributed by atoms with van der Waals surface area (Å²) in [7, 11) is 0. The van der Waals surface area contributed by atoms with Gasteiger partial charge in [0.15, 0.2) is 0 Å². The van der Waals surface area contributed by atoms with E-state index in [2.05, 4.69) is 0 Å². The summed E-state index contributed by atoms with van der Waals surface area (Å²) in [6.07, 6.45) is 7.88. The number of aliphatic hydroxyl groups is 2. The van der Waals surface area contributed by atoms with E-state index in [4.69, 9.17) is 10.2 Å². The number of carboxylic acid groups (broad SMARTS) is 2. The van der Waals surface area contributed by atoms with E-state index in [9.17, 15) is 19.8 Å². The molecule has 0 atom stereocenters. The standard InChI is InChI=1S/C12H22O4.C2H6O2/c13-11(14)9-7-5-3-1-2-4-6-8-10-12(15)16;3-1-2-4/h1-10H2,(H,13,14)(H,15,16);3-4H,1-2H2/p-2. The number of carbonyl (C=O) groups excluding carboxylic acids is 2. The summed E-state index contributed by atoms with van der Waals surface area (Å²) >= 11 is 0. The predicted octanol–water partition coefficient (Wildman–Crippen LogP) is -0.642. The predicted molar refractivity (Wildman–Crippen MR) is 70.4 cm³/mol. The van der Waals surface area contributed by atoms with Crippen LogP contribution in [0.15, 0.2) is 0 Å². The topological polar surface area (TPSA) is 121 Å². The number of rotatable bonds is 12. The average molecular weight is 290 g/mol. The van der Waals surface area contributed by atoms with Crippen LogP contribution in [-0.4, -0.2) is 35.4 Å². The van der Waals surface area contributed by atoms with E-state index < -0.39 is 11.9 Å². The van der Waals surface area contributed by atoms with E-state index in [1.807, 2.05) is 0 Å². The molecule has 0 unspecified atom stereocenters. The van der Waals surface area contributed by atoms with Crippen molar-refractivity contribution in [3.05, 3.63) is 0 Å². The monoisotopic (exact) mass is 290 g/mol. The summed E-state index contributed by atoms with van der Waals surface area (Å²) in [5, 5.41) is 35.4. The van der Waals surface area contributed by atoms with Crippen molar-refractivity contribution in [3.8, 4) is 0 Å². The second kappa shape index (κ2) is 17.9. The summed E-state index contributed by atoms with van der Waals surface area (Å²) in [5.41, 5.74) is 0. The number of hydrogen-bond acceptors (Lipinski definition) is 6. The lowest BCUT2D eigenvalue weighted by Crippen LogP contribution is -2.21. The summed E-state index contributed by atoms with van der Waals surface area (Å²) < 4.78 is 0. The van der Waals surface area contributed by atoms with Gasteiger partial charge in [0.2, 0.25) is 0 Å².